The number of nitrogens with zero attached hydrogens (tertiary/aromatic N) is 2. The molecule has 0 aliphatic heterocycles. The maximum atomic E-state index is 4.14. The van der Waals surface area contributed by atoms with Gasteiger partial charge in [-0.05, 0) is 26.9 Å². The first-order valence-corrected chi connectivity index (χ1v) is 3.96. The minimum absolute atomic E-state index is 1.06. The summed E-state index contributed by atoms with van der Waals surface area (Å²) in [5.41, 5.74) is 1.09. The van der Waals surface area contributed by atoms with Gasteiger partial charge in [-0.2, -0.15) is 0 Å². The van der Waals surface area contributed by atoms with Crippen LogP contribution < -0.4 is 5.32 Å². The largest absolute Gasteiger partial charge is 0.337 e. The molecule has 0 spiro atoms. The highest BCUT2D eigenvalue weighted by molar-refractivity contribution is 4.91. The van der Waals surface area contributed by atoms with Crippen molar-refractivity contribution in [2.45, 2.75) is 19.9 Å². The molecule has 1 rings (SSSR count). The van der Waals surface area contributed by atoms with E-state index in [1.165, 1.54) is 0 Å². The van der Waals surface area contributed by atoms with Gasteiger partial charge >= 0.3 is 0 Å². The molecule has 1 aromatic heterocycles. The quantitative estimate of drug-likeness (QED) is 0.648. The van der Waals surface area contributed by atoms with Gasteiger partial charge in [0.05, 0.1) is 12.0 Å². The summed E-state index contributed by atoms with van der Waals surface area (Å²) < 4.78 is 2.12. The number of rotatable bonds is 4. The number of imidazole rings is 1. The molecule has 3 heteroatoms. The van der Waals surface area contributed by atoms with E-state index in [0.717, 1.165) is 25.2 Å². The van der Waals surface area contributed by atoms with Crippen molar-refractivity contribution in [3.63, 3.8) is 0 Å². The SMILES string of the molecule is CNCCCn1cnc(C)c1. The standard InChI is InChI=1S/C8H15N3/c1-8-6-11(7-10-8)5-3-4-9-2/h6-7,9H,3-5H2,1-2H3. The van der Waals surface area contributed by atoms with Gasteiger partial charge in [0, 0.05) is 12.7 Å². The molecule has 0 bridgehead atoms. The zero-order valence-corrected chi connectivity index (χ0v) is 7.17. The average molecular weight is 153 g/mol. The van der Waals surface area contributed by atoms with Gasteiger partial charge in [-0.1, -0.05) is 0 Å². The summed E-state index contributed by atoms with van der Waals surface area (Å²) in [6.45, 7) is 4.13. The molecule has 3 nitrogen and oxygen atoms in total. The first-order valence-electron chi connectivity index (χ1n) is 3.96. The maximum Gasteiger partial charge on any atom is 0.0949 e. The molecule has 0 unspecified atom stereocenters. The van der Waals surface area contributed by atoms with E-state index in [1.54, 1.807) is 0 Å². The first-order chi connectivity index (χ1) is 5.33. The second kappa shape index (κ2) is 4.13. The molecule has 11 heavy (non-hydrogen) atoms. The van der Waals surface area contributed by atoms with Crippen molar-refractivity contribution in [2.75, 3.05) is 13.6 Å². The molecule has 0 fully saturated rings. The van der Waals surface area contributed by atoms with Gasteiger partial charge in [0.15, 0.2) is 0 Å². The monoisotopic (exact) mass is 153 g/mol. The minimum atomic E-state index is 1.06. The Labute approximate surface area is 67.4 Å². The van der Waals surface area contributed by atoms with Crippen LogP contribution in [0.5, 0.6) is 0 Å². The van der Waals surface area contributed by atoms with Gasteiger partial charge in [0.25, 0.3) is 0 Å². The predicted molar refractivity (Wildman–Crippen MR) is 45.5 cm³/mol. The van der Waals surface area contributed by atoms with Crippen LogP contribution in [0.25, 0.3) is 0 Å². The highest BCUT2D eigenvalue weighted by Gasteiger charge is 1.91. The smallest absolute Gasteiger partial charge is 0.0949 e. The number of hydrogen-bond donors (Lipinski definition) is 1. The minimum Gasteiger partial charge on any atom is -0.337 e. The van der Waals surface area contributed by atoms with Crippen molar-refractivity contribution in [1.29, 1.82) is 0 Å². The van der Waals surface area contributed by atoms with Crippen LogP contribution >= 0.6 is 0 Å². The van der Waals surface area contributed by atoms with Crippen LogP contribution in [0.4, 0.5) is 0 Å². The number of aromatic nitrogens is 2. The molecule has 1 heterocycles. The lowest BCUT2D eigenvalue weighted by Crippen LogP contribution is -2.10. The molecule has 0 atom stereocenters. The summed E-state index contributed by atoms with van der Waals surface area (Å²) >= 11 is 0. The second-order valence-corrected chi connectivity index (χ2v) is 2.71. The van der Waals surface area contributed by atoms with E-state index >= 15 is 0 Å². The van der Waals surface area contributed by atoms with Crippen LogP contribution in [-0.2, 0) is 6.54 Å². The van der Waals surface area contributed by atoms with Gasteiger partial charge in [-0.25, -0.2) is 4.98 Å². The first kappa shape index (κ1) is 8.27. The lowest BCUT2D eigenvalue weighted by molar-refractivity contribution is 0.612. The third kappa shape index (κ3) is 2.72. The fourth-order valence-electron chi connectivity index (χ4n) is 1.03. The lowest BCUT2D eigenvalue weighted by atomic mass is 10.4. The van der Waals surface area contributed by atoms with Crippen LogP contribution in [-0.4, -0.2) is 23.1 Å². The summed E-state index contributed by atoms with van der Waals surface area (Å²) in [4.78, 5) is 4.14. The number of aryl methyl sites for hydroxylation is 2. The summed E-state index contributed by atoms with van der Waals surface area (Å²) in [6.07, 6.45) is 5.10. The maximum absolute atomic E-state index is 4.14. The fraction of sp³-hybridized carbons (Fsp3) is 0.625. The Morgan fingerprint density at radius 2 is 2.45 bits per heavy atom. The summed E-state index contributed by atoms with van der Waals surface area (Å²) in [5.74, 6) is 0. The number of nitrogens with one attached hydrogen (secondary N) is 1. The van der Waals surface area contributed by atoms with E-state index in [4.69, 9.17) is 0 Å². The van der Waals surface area contributed by atoms with E-state index in [1.807, 2.05) is 20.3 Å². The molecule has 1 N–H and O–H groups in total. The van der Waals surface area contributed by atoms with Gasteiger partial charge in [-0.3, -0.25) is 0 Å². The normalized spacial score (nSPS) is 10.4. The van der Waals surface area contributed by atoms with Crippen molar-refractivity contribution < 1.29 is 0 Å². The third-order valence-electron chi connectivity index (χ3n) is 1.61. The van der Waals surface area contributed by atoms with Gasteiger partial charge in [0.1, 0.15) is 0 Å². The van der Waals surface area contributed by atoms with Gasteiger partial charge in [0.2, 0.25) is 0 Å². The van der Waals surface area contributed by atoms with Crippen molar-refractivity contribution in [2.24, 2.45) is 0 Å². The van der Waals surface area contributed by atoms with Crippen molar-refractivity contribution in [3.8, 4) is 0 Å². The number of hydrogen-bond acceptors (Lipinski definition) is 2. The highest BCUT2D eigenvalue weighted by atomic mass is 15.0. The zero-order valence-electron chi connectivity index (χ0n) is 7.17. The summed E-state index contributed by atoms with van der Waals surface area (Å²) in [5, 5.41) is 3.11. The van der Waals surface area contributed by atoms with E-state index < -0.39 is 0 Å². The molecule has 62 valence electrons. The Hall–Kier alpha value is -0.830. The molecule has 0 aliphatic rings. The third-order valence-corrected chi connectivity index (χ3v) is 1.61. The predicted octanol–water partition coefficient (Wildman–Crippen LogP) is 0.801. The molecule has 0 radical (unpaired) electrons. The molecule has 0 aromatic carbocycles. The van der Waals surface area contributed by atoms with Crippen LogP contribution in [0.3, 0.4) is 0 Å². The molecule has 0 saturated heterocycles. The van der Waals surface area contributed by atoms with Crippen molar-refractivity contribution in [3.05, 3.63) is 18.2 Å². The average Bonchev–Trinajstić information content (AvgIpc) is 2.37. The van der Waals surface area contributed by atoms with Crippen LogP contribution in [0.2, 0.25) is 0 Å². The van der Waals surface area contributed by atoms with Crippen molar-refractivity contribution >= 4 is 0 Å². The molecular formula is C8H15N3. The summed E-state index contributed by atoms with van der Waals surface area (Å²) in [7, 11) is 1.97. The Kier molecular flexibility index (Phi) is 3.11. The zero-order chi connectivity index (χ0) is 8.10. The van der Waals surface area contributed by atoms with E-state index in [9.17, 15) is 0 Å². The molecule has 0 aliphatic carbocycles. The molecular weight excluding hydrogens is 138 g/mol. The highest BCUT2D eigenvalue weighted by Crippen LogP contribution is 1.94. The van der Waals surface area contributed by atoms with Crippen molar-refractivity contribution in [1.82, 2.24) is 14.9 Å². The van der Waals surface area contributed by atoms with Crippen LogP contribution in [0.15, 0.2) is 12.5 Å². The van der Waals surface area contributed by atoms with E-state index in [-0.39, 0.29) is 0 Å². The Bertz CT molecular complexity index is 205. The molecule has 0 amide bonds. The van der Waals surface area contributed by atoms with Gasteiger partial charge in [-0.15, -0.1) is 0 Å². The lowest BCUT2D eigenvalue weighted by Gasteiger charge is -1.99. The van der Waals surface area contributed by atoms with Crippen LogP contribution in [0, 0.1) is 6.92 Å². The topological polar surface area (TPSA) is 29.9 Å². The van der Waals surface area contributed by atoms with Crippen LogP contribution in [0.1, 0.15) is 12.1 Å². The second-order valence-electron chi connectivity index (χ2n) is 2.71. The van der Waals surface area contributed by atoms with E-state index in [2.05, 4.69) is 21.1 Å². The Balaban J connectivity index is 2.27. The van der Waals surface area contributed by atoms with E-state index in [0.29, 0.717) is 0 Å². The summed E-state index contributed by atoms with van der Waals surface area (Å²) in [6, 6.07) is 0. The Morgan fingerprint density at radius 1 is 1.64 bits per heavy atom. The Morgan fingerprint density at radius 3 is 3.00 bits per heavy atom. The molecule has 0 saturated carbocycles. The fourth-order valence-corrected chi connectivity index (χ4v) is 1.03. The molecule has 1 aromatic rings. The van der Waals surface area contributed by atoms with Gasteiger partial charge < -0.3 is 9.88 Å².